The van der Waals surface area contributed by atoms with E-state index in [1.54, 1.807) is 0 Å². The number of likely N-dealkylation sites (tertiary alicyclic amines) is 1. The Bertz CT molecular complexity index is 1220. The number of amidine groups is 1. The summed E-state index contributed by atoms with van der Waals surface area (Å²) in [4.78, 5) is 15.2. The minimum atomic E-state index is -0.0677. The van der Waals surface area contributed by atoms with Gasteiger partial charge in [0.1, 0.15) is 0 Å². The van der Waals surface area contributed by atoms with Crippen LogP contribution in [0, 0.1) is 18.8 Å². The second-order valence-electron chi connectivity index (χ2n) is 10.6. The highest BCUT2D eigenvalue weighted by Crippen LogP contribution is 2.29. The number of rotatable bonds is 6. The first-order valence-electron chi connectivity index (χ1n) is 13.0. The molecule has 1 saturated heterocycles. The summed E-state index contributed by atoms with van der Waals surface area (Å²) in [6.45, 7) is 13.9. The summed E-state index contributed by atoms with van der Waals surface area (Å²) in [6.07, 6.45) is 3.37. The predicted octanol–water partition coefficient (Wildman–Crippen LogP) is 4.77. The Kier molecular flexibility index (Phi) is 8.80. The Morgan fingerprint density at radius 2 is 1.95 bits per heavy atom. The number of nitrogens with zero attached hydrogens (tertiary/aromatic N) is 3. The SMILES string of the molecule is CCc1cc(C#CCN2CCCC2)ccc1NC(=O)CSC1=NNNN1c1ccc(C(C)(C)C)cc1C. The van der Waals surface area contributed by atoms with Gasteiger partial charge in [0.05, 0.1) is 18.0 Å². The van der Waals surface area contributed by atoms with Crippen molar-refractivity contribution in [2.24, 2.45) is 5.10 Å². The lowest BCUT2D eigenvalue weighted by Gasteiger charge is -2.24. The summed E-state index contributed by atoms with van der Waals surface area (Å²) in [5.74, 6) is 6.76. The standard InChI is InChI=1S/C29H38N6OS/c1-6-23-19-22(10-9-17-34-15-7-8-16-34)11-13-25(23)30-27(36)20-37-28-31-32-33-35(28)26-14-12-24(18-21(26)2)29(3,4)5/h11-14,18-19,32-33H,6-8,15-17,20H2,1-5H3,(H,30,36). The third-order valence-corrected chi connectivity index (χ3v) is 7.57. The van der Waals surface area contributed by atoms with E-state index in [9.17, 15) is 4.79 Å². The number of hydrogen-bond acceptors (Lipinski definition) is 7. The lowest BCUT2D eigenvalue weighted by Crippen LogP contribution is -2.40. The van der Waals surface area contributed by atoms with E-state index in [-0.39, 0.29) is 17.1 Å². The van der Waals surface area contributed by atoms with Crippen LogP contribution in [0.25, 0.3) is 0 Å². The largest absolute Gasteiger partial charge is 0.325 e. The number of nitrogens with one attached hydrogen (secondary N) is 3. The van der Waals surface area contributed by atoms with Crippen LogP contribution in [-0.4, -0.2) is 41.4 Å². The summed E-state index contributed by atoms with van der Waals surface area (Å²) in [7, 11) is 0. The van der Waals surface area contributed by atoms with Gasteiger partial charge in [0.25, 0.3) is 0 Å². The maximum Gasteiger partial charge on any atom is 0.234 e. The van der Waals surface area contributed by atoms with Crippen LogP contribution in [0.15, 0.2) is 41.5 Å². The summed E-state index contributed by atoms with van der Waals surface area (Å²) in [5.41, 5.74) is 12.3. The van der Waals surface area contributed by atoms with Gasteiger partial charge < -0.3 is 5.32 Å². The number of thioether (sulfide) groups is 1. The number of amides is 1. The molecule has 2 heterocycles. The van der Waals surface area contributed by atoms with Gasteiger partial charge in [-0.1, -0.05) is 63.4 Å². The molecule has 3 N–H and O–H groups in total. The lowest BCUT2D eigenvalue weighted by molar-refractivity contribution is -0.113. The molecule has 0 unspecified atom stereocenters. The van der Waals surface area contributed by atoms with Gasteiger partial charge in [-0.05, 0) is 85.6 Å². The molecule has 0 atom stereocenters. The van der Waals surface area contributed by atoms with E-state index in [2.05, 4.69) is 97.1 Å². The Morgan fingerprint density at radius 1 is 1.16 bits per heavy atom. The zero-order chi connectivity index (χ0) is 26.4. The van der Waals surface area contributed by atoms with Crippen LogP contribution in [0.3, 0.4) is 0 Å². The van der Waals surface area contributed by atoms with E-state index in [1.807, 2.05) is 17.1 Å². The van der Waals surface area contributed by atoms with Gasteiger partial charge in [-0.3, -0.25) is 9.69 Å². The number of anilines is 2. The molecule has 37 heavy (non-hydrogen) atoms. The zero-order valence-corrected chi connectivity index (χ0v) is 23.4. The molecule has 0 bridgehead atoms. The highest BCUT2D eigenvalue weighted by atomic mass is 32.2. The second-order valence-corrected chi connectivity index (χ2v) is 11.5. The smallest absolute Gasteiger partial charge is 0.234 e. The van der Waals surface area contributed by atoms with E-state index < -0.39 is 0 Å². The fourth-order valence-electron chi connectivity index (χ4n) is 4.45. The van der Waals surface area contributed by atoms with Crippen LogP contribution in [0.2, 0.25) is 0 Å². The minimum Gasteiger partial charge on any atom is -0.325 e. The van der Waals surface area contributed by atoms with Gasteiger partial charge in [-0.25, -0.2) is 10.5 Å². The van der Waals surface area contributed by atoms with Crippen LogP contribution in [-0.2, 0) is 16.6 Å². The Labute approximate surface area is 225 Å². The molecular formula is C29H38N6OS. The van der Waals surface area contributed by atoms with Crippen LogP contribution in [0.4, 0.5) is 11.4 Å². The predicted molar refractivity (Wildman–Crippen MR) is 156 cm³/mol. The van der Waals surface area contributed by atoms with Crippen molar-refractivity contribution in [3.05, 3.63) is 58.7 Å². The molecule has 7 nitrogen and oxygen atoms in total. The summed E-state index contributed by atoms with van der Waals surface area (Å²) in [6, 6.07) is 12.5. The first kappa shape index (κ1) is 27.1. The topological polar surface area (TPSA) is 72.0 Å². The number of carbonyl (C=O) groups excluding carboxylic acids is 1. The number of hydrazone groups is 1. The fraction of sp³-hybridized carbons (Fsp3) is 0.448. The lowest BCUT2D eigenvalue weighted by atomic mass is 9.86. The van der Waals surface area contributed by atoms with E-state index in [0.717, 1.165) is 54.1 Å². The van der Waals surface area contributed by atoms with Crippen molar-refractivity contribution >= 4 is 34.2 Å². The average Bonchev–Trinajstić information content (AvgIpc) is 3.55. The molecule has 0 spiro atoms. The van der Waals surface area contributed by atoms with Gasteiger partial charge in [-0.15, -0.1) is 10.6 Å². The van der Waals surface area contributed by atoms with Crippen LogP contribution in [0.5, 0.6) is 0 Å². The van der Waals surface area contributed by atoms with Crippen molar-refractivity contribution < 1.29 is 4.79 Å². The molecule has 2 aliphatic rings. The van der Waals surface area contributed by atoms with Gasteiger partial charge >= 0.3 is 0 Å². The molecule has 8 heteroatoms. The third kappa shape index (κ3) is 7.07. The van der Waals surface area contributed by atoms with E-state index in [0.29, 0.717) is 5.17 Å². The average molecular weight is 519 g/mol. The summed E-state index contributed by atoms with van der Waals surface area (Å²) >= 11 is 1.38. The number of hydrogen-bond donors (Lipinski definition) is 3. The van der Waals surface area contributed by atoms with Crippen molar-refractivity contribution in [1.29, 1.82) is 0 Å². The molecule has 0 saturated carbocycles. The number of hydrazine groups is 2. The molecule has 0 radical (unpaired) electrons. The molecule has 0 aromatic heterocycles. The monoisotopic (exact) mass is 518 g/mol. The summed E-state index contributed by atoms with van der Waals surface area (Å²) in [5, 5.41) is 9.98. The molecule has 196 valence electrons. The fourth-order valence-corrected chi connectivity index (χ4v) is 5.17. The first-order chi connectivity index (χ1) is 17.7. The van der Waals surface area contributed by atoms with E-state index >= 15 is 0 Å². The van der Waals surface area contributed by atoms with Crippen molar-refractivity contribution in [1.82, 2.24) is 16.0 Å². The maximum atomic E-state index is 12.8. The number of carbonyl (C=O) groups is 1. The molecule has 1 amide bonds. The molecule has 2 aliphatic heterocycles. The molecular weight excluding hydrogens is 480 g/mol. The number of benzene rings is 2. The van der Waals surface area contributed by atoms with Crippen molar-refractivity contribution in [2.45, 2.75) is 59.3 Å². The molecule has 2 aromatic carbocycles. The molecule has 0 aliphatic carbocycles. The van der Waals surface area contributed by atoms with Crippen LogP contribution < -0.4 is 21.4 Å². The van der Waals surface area contributed by atoms with Crippen molar-refractivity contribution in [3.63, 3.8) is 0 Å². The van der Waals surface area contributed by atoms with Gasteiger partial charge in [0.2, 0.25) is 11.1 Å². The van der Waals surface area contributed by atoms with Gasteiger partial charge in [0, 0.05) is 11.3 Å². The minimum absolute atomic E-state index is 0.0677. The maximum absolute atomic E-state index is 12.8. The first-order valence-corrected chi connectivity index (χ1v) is 14.0. The van der Waals surface area contributed by atoms with Crippen molar-refractivity contribution in [2.75, 3.05) is 35.7 Å². The van der Waals surface area contributed by atoms with E-state index in [1.165, 1.54) is 30.2 Å². The normalized spacial score (nSPS) is 15.7. The quantitative estimate of drug-likeness (QED) is 0.479. The Morgan fingerprint density at radius 3 is 2.65 bits per heavy atom. The highest BCUT2D eigenvalue weighted by Gasteiger charge is 2.23. The third-order valence-electron chi connectivity index (χ3n) is 6.64. The molecule has 2 aromatic rings. The Hall–Kier alpha value is -2.99. The van der Waals surface area contributed by atoms with Gasteiger partial charge in [0.15, 0.2) is 0 Å². The highest BCUT2D eigenvalue weighted by molar-refractivity contribution is 8.14. The zero-order valence-electron chi connectivity index (χ0n) is 22.6. The Balaban J connectivity index is 1.34. The summed E-state index contributed by atoms with van der Waals surface area (Å²) < 4.78 is 0. The number of aryl methyl sites for hydroxylation is 2. The van der Waals surface area contributed by atoms with Crippen LogP contribution in [0.1, 0.15) is 62.8 Å². The molecule has 1 fully saturated rings. The molecule has 4 rings (SSSR count). The van der Waals surface area contributed by atoms with E-state index in [4.69, 9.17) is 0 Å². The second kappa shape index (κ2) is 12.0. The van der Waals surface area contributed by atoms with Crippen molar-refractivity contribution in [3.8, 4) is 11.8 Å². The van der Waals surface area contributed by atoms with Crippen LogP contribution >= 0.6 is 11.8 Å². The van der Waals surface area contributed by atoms with Gasteiger partial charge in [-0.2, -0.15) is 0 Å².